The first-order valence-corrected chi connectivity index (χ1v) is 6.75. The van der Waals surface area contributed by atoms with Gasteiger partial charge in [-0.25, -0.2) is 0 Å². The number of benzene rings is 1. The summed E-state index contributed by atoms with van der Waals surface area (Å²) >= 11 is 0. The van der Waals surface area contributed by atoms with E-state index in [0.29, 0.717) is 24.3 Å². The fourth-order valence-electron chi connectivity index (χ4n) is 2.45. The summed E-state index contributed by atoms with van der Waals surface area (Å²) < 4.78 is 5.23. The average molecular weight is 308 g/mol. The van der Waals surface area contributed by atoms with Gasteiger partial charge in [0.1, 0.15) is 0 Å². The molecule has 1 heterocycles. The number of non-ortho nitro benzene ring substituents is 1. The number of hydrogen-bond donors (Lipinski definition) is 1. The van der Waals surface area contributed by atoms with Crippen molar-refractivity contribution in [2.24, 2.45) is 0 Å². The number of hydrogen-bond acceptors (Lipinski definition) is 5. The van der Waals surface area contributed by atoms with Crippen LogP contribution in [0.5, 0.6) is 0 Å². The number of nitrogens with zero attached hydrogens (tertiary/aromatic N) is 2. The Balaban J connectivity index is 2.25. The maximum absolute atomic E-state index is 12.6. The zero-order chi connectivity index (χ0) is 16.3. The second-order valence-electron chi connectivity index (χ2n) is 5.08. The Labute approximate surface area is 126 Å². The van der Waals surface area contributed by atoms with Crippen molar-refractivity contribution < 1.29 is 24.4 Å². The van der Waals surface area contributed by atoms with E-state index in [-0.39, 0.29) is 24.6 Å². The van der Waals surface area contributed by atoms with Gasteiger partial charge in [-0.15, -0.1) is 0 Å². The van der Waals surface area contributed by atoms with Crippen molar-refractivity contribution in [2.45, 2.75) is 19.4 Å². The van der Waals surface area contributed by atoms with Crippen molar-refractivity contribution in [1.82, 2.24) is 4.90 Å². The van der Waals surface area contributed by atoms with Crippen LogP contribution in [0.15, 0.2) is 18.2 Å². The molecule has 22 heavy (non-hydrogen) atoms. The molecule has 1 aliphatic heterocycles. The molecule has 1 amide bonds. The highest BCUT2D eigenvalue weighted by Gasteiger charge is 2.30. The van der Waals surface area contributed by atoms with Crippen LogP contribution < -0.4 is 0 Å². The summed E-state index contributed by atoms with van der Waals surface area (Å²) in [7, 11) is 0. The molecule has 0 radical (unpaired) electrons. The number of carbonyl (C=O) groups excluding carboxylic acids is 1. The third-order valence-electron chi connectivity index (χ3n) is 3.55. The summed E-state index contributed by atoms with van der Waals surface area (Å²) in [5, 5.41) is 19.7. The zero-order valence-electron chi connectivity index (χ0n) is 12.0. The molecule has 118 valence electrons. The minimum atomic E-state index is -1.01. The first kappa shape index (κ1) is 15.9. The molecule has 1 saturated heterocycles. The lowest BCUT2D eigenvalue weighted by Gasteiger charge is -2.35. The summed E-state index contributed by atoms with van der Waals surface area (Å²) in [6.07, 6.45) is -0.197. The van der Waals surface area contributed by atoms with Gasteiger partial charge in [0, 0.05) is 24.2 Å². The molecule has 8 nitrogen and oxygen atoms in total. The molecule has 0 aromatic heterocycles. The molecule has 0 saturated carbocycles. The van der Waals surface area contributed by atoms with Crippen molar-refractivity contribution in [2.75, 3.05) is 19.8 Å². The quantitative estimate of drug-likeness (QED) is 0.661. The van der Waals surface area contributed by atoms with Gasteiger partial charge in [0.2, 0.25) is 0 Å². The van der Waals surface area contributed by atoms with Gasteiger partial charge < -0.3 is 14.7 Å². The van der Waals surface area contributed by atoms with Crippen LogP contribution in [-0.4, -0.2) is 52.6 Å². The Kier molecular flexibility index (Phi) is 4.71. The molecule has 1 N–H and O–H groups in total. The van der Waals surface area contributed by atoms with Gasteiger partial charge in [-0.2, -0.15) is 0 Å². The SMILES string of the molecule is Cc1cc([N+](=O)[O-])ccc1C(=O)N1CCOCC1CC(=O)O. The van der Waals surface area contributed by atoms with Gasteiger partial charge >= 0.3 is 5.97 Å². The topological polar surface area (TPSA) is 110 Å². The molecule has 1 atom stereocenters. The fourth-order valence-corrected chi connectivity index (χ4v) is 2.45. The van der Waals surface area contributed by atoms with Gasteiger partial charge in [-0.1, -0.05) is 0 Å². The second kappa shape index (κ2) is 6.52. The number of carboxylic acid groups (broad SMARTS) is 1. The van der Waals surface area contributed by atoms with Crippen LogP contribution in [0.2, 0.25) is 0 Å². The van der Waals surface area contributed by atoms with Crippen molar-refractivity contribution in [3.8, 4) is 0 Å². The second-order valence-corrected chi connectivity index (χ2v) is 5.08. The molecular weight excluding hydrogens is 292 g/mol. The van der Waals surface area contributed by atoms with Crippen molar-refractivity contribution in [3.63, 3.8) is 0 Å². The lowest BCUT2D eigenvalue weighted by molar-refractivity contribution is -0.384. The van der Waals surface area contributed by atoms with E-state index in [1.165, 1.54) is 23.1 Å². The summed E-state index contributed by atoms with van der Waals surface area (Å²) in [4.78, 5) is 35.2. The molecule has 8 heteroatoms. The molecule has 1 unspecified atom stereocenters. The van der Waals surface area contributed by atoms with E-state index in [1.54, 1.807) is 6.92 Å². The smallest absolute Gasteiger partial charge is 0.305 e. The van der Waals surface area contributed by atoms with E-state index in [4.69, 9.17) is 9.84 Å². The van der Waals surface area contributed by atoms with E-state index in [1.807, 2.05) is 0 Å². The number of carbonyl (C=O) groups is 2. The molecule has 1 fully saturated rings. The van der Waals surface area contributed by atoms with E-state index >= 15 is 0 Å². The van der Waals surface area contributed by atoms with Gasteiger partial charge in [-0.3, -0.25) is 19.7 Å². The third-order valence-corrected chi connectivity index (χ3v) is 3.55. The first-order valence-electron chi connectivity index (χ1n) is 6.75. The fraction of sp³-hybridized carbons (Fsp3) is 0.429. The van der Waals surface area contributed by atoms with Crippen LogP contribution in [-0.2, 0) is 9.53 Å². The highest BCUT2D eigenvalue weighted by Crippen LogP contribution is 2.21. The van der Waals surface area contributed by atoms with Crippen molar-refractivity contribution in [3.05, 3.63) is 39.4 Å². The lowest BCUT2D eigenvalue weighted by Crippen LogP contribution is -2.49. The van der Waals surface area contributed by atoms with Crippen LogP contribution >= 0.6 is 0 Å². The predicted molar refractivity (Wildman–Crippen MR) is 75.7 cm³/mol. The Morgan fingerprint density at radius 1 is 1.50 bits per heavy atom. The number of aryl methyl sites for hydroxylation is 1. The maximum Gasteiger partial charge on any atom is 0.305 e. The largest absolute Gasteiger partial charge is 0.481 e. The molecule has 1 aliphatic rings. The highest BCUT2D eigenvalue weighted by molar-refractivity contribution is 5.96. The number of nitro benzene ring substituents is 1. The predicted octanol–water partition coefficient (Wildman–Crippen LogP) is 1.22. The lowest BCUT2D eigenvalue weighted by atomic mass is 10.0. The molecule has 1 aromatic carbocycles. The van der Waals surface area contributed by atoms with Gasteiger partial charge in [0.15, 0.2) is 0 Å². The third kappa shape index (κ3) is 3.40. The number of amides is 1. The normalized spacial score (nSPS) is 18.0. The molecule has 0 bridgehead atoms. The Morgan fingerprint density at radius 3 is 2.82 bits per heavy atom. The van der Waals surface area contributed by atoms with Crippen LogP contribution in [0, 0.1) is 17.0 Å². The Hall–Kier alpha value is -2.48. The molecule has 1 aromatic rings. The standard InChI is InChI=1S/C14H16N2O6/c1-9-6-10(16(20)21)2-3-12(9)14(19)15-4-5-22-8-11(15)7-13(17)18/h2-3,6,11H,4-5,7-8H2,1H3,(H,17,18). The molecule has 0 aliphatic carbocycles. The number of rotatable bonds is 4. The van der Waals surface area contributed by atoms with Crippen LogP contribution in [0.1, 0.15) is 22.3 Å². The number of aliphatic carboxylic acids is 1. The summed E-state index contributed by atoms with van der Waals surface area (Å²) in [5.41, 5.74) is 0.737. The van der Waals surface area contributed by atoms with E-state index in [2.05, 4.69) is 0 Å². The first-order chi connectivity index (χ1) is 10.4. The minimum absolute atomic E-state index is 0.0851. The highest BCUT2D eigenvalue weighted by atomic mass is 16.6. The summed E-state index contributed by atoms with van der Waals surface area (Å²) in [5.74, 6) is -1.34. The average Bonchev–Trinajstić information content (AvgIpc) is 2.46. The van der Waals surface area contributed by atoms with E-state index in [9.17, 15) is 19.7 Å². The summed E-state index contributed by atoms with van der Waals surface area (Å²) in [6.45, 7) is 2.43. The van der Waals surface area contributed by atoms with Crippen LogP contribution in [0.3, 0.4) is 0 Å². The number of nitro groups is 1. The van der Waals surface area contributed by atoms with Crippen LogP contribution in [0.25, 0.3) is 0 Å². The monoisotopic (exact) mass is 308 g/mol. The Morgan fingerprint density at radius 2 is 2.23 bits per heavy atom. The van der Waals surface area contributed by atoms with Gasteiger partial charge in [0.05, 0.1) is 30.6 Å². The molecule has 0 spiro atoms. The maximum atomic E-state index is 12.6. The zero-order valence-corrected chi connectivity index (χ0v) is 12.0. The van der Waals surface area contributed by atoms with E-state index < -0.39 is 16.9 Å². The molecule has 2 rings (SSSR count). The number of carboxylic acids is 1. The van der Waals surface area contributed by atoms with Crippen molar-refractivity contribution >= 4 is 17.6 Å². The number of ether oxygens (including phenoxy) is 1. The summed E-state index contributed by atoms with van der Waals surface area (Å²) in [6, 6.07) is 3.48. The van der Waals surface area contributed by atoms with Gasteiger partial charge in [-0.05, 0) is 18.6 Å². The Bertz CT molecular complexity index is 615. The van der Waals surface area contributed by atoms with Gasteiger partial charge in [0.25, 0.3) is 11.6 Å². The molecular formula is C14H16N2O6. The minimum Gasteiger partial charge on any atom is -0.481 e. The van der Waals surface area contributed by atoms with Crippen LogP contribution in [0.4, 0.5) is 5.69 Å². The van der Waals surface area contributed by atoms with Crippen molar-refractivity contribution in [1.29, 1.82) is 0 Å². The van der Waals surface area contributed by atoms with E-state index in [0.717, 1.165) is 0 Å². The number of morpholine rings is 1.